The van der Waals surface area contributed by atoms with Gasteiger partial charge in [0.15, 0.2) is 5.82 Å². The summed E-state index contributed by atoms with van der Waals surface area (Å²) in [5.41, 5.74) is 6.01. The molecule has 106 valence electrons. The van der Waals surface area contributed by atoms with Crippen LogP contribution in [0.2, 0.25) is 0 Å². The number of hydrogen-bond donors (Lipinski definition) is 2. The van der Waals surface area contributed by atoms with Crippen LogP contribution in [0.5, 0.6) is 0 Å². The minimum atomic E-state index is -0.386. The molecule has 0 amide bonds. The summed E-state index contributed by atoms with van der Waals surface area (Å²) in [6, 6.07) is 6.24. The van der Waals surface area contributed by atoms with Crippen LogP contribution in [-0.2, 0) is 11.3 Å². The molecule has 0 saturated heterocycles. The third-order valence-corrected chi connectivity index (χ3v) is 3.10. The summed E-state index contributed by atoms with van der Waals surface area (Å²) < 4.78 is 19.6. The van der Waals surface area contributed by atoms with Crippen LogP contribution < -0.4 is 11.1 Å². The van der Waals surface area contributed by atoms with Crippen molar-refractivity contribution in [3.63, 3.8) is 0 Å². The maximum Gasteiger partial charge on any atom is 0.158 e. The third-order valence-electron chi connectivity index (χ3n) is 2.44. The monoisotopic (exact) mass is 340 g/mol. The summed E-state index contributed by atoms with van der Waals surface area (Å²) in [6.07, 6.45) is 0. The van der Waals surface area contributed by atoms with Crippen LogP contribution >= 0.6 is 15.9 Å². The first-order valence-electron chi connectivity index (χ1n) is 6.02. The number of nitrogens with two attached hydrogens (primary N) is 1. The molecular weight excluding hydrogens is 327 g/mol. The Labute approximate surface area is 124 Å². The summed E-state index contributed by atoms with van der Waals surface area (Å²) in [4.78, 5) is 8.29. The van der Waals surface area contributed by atoms with Gasteiger partial charge in [-0.15, -0.1) is 0 Å². The van der Waals surface area contributed by atoms with Crippen LogP contribution in [0.15, 0.2) is 28.7 Å². The van der Waals surface area contributed by atoms with Crippen LogP contribution in [0.4, 0.5) is 21.7 Å². The van der Waals surface area contributed by atoms with Gasteiger partial charge in [0.2, 0.25) is 0 Å². The Hall–Kier alpha value is -1.73. The quantitative estimate of drug-likeness (QED) is 0.873. The molecule has 0 saturated carbocycles. The van der Waals surface area contributed by atoms with Gasteiger partial charge >= 0.3 is 0 Å². The van der Waals surface area contributed by atoms with Crippen LogP contribution in [0, 0.1) is 5.82 Å². The van der Waals surface area contributed by atoms with Gasteiger partial charge in [-0.05, 0) is 35.0 Å². The second-order valence-electron chi connectivity index (χ2n) is 3.95. The maximum absolute atomic E-state index is 13.7. The number of ether oxygens (including phenoxy) is 1. The average molecular weight is 341 g/mol. The minimum absolute atomic E-state index is 0.259. The SMILES string of the molecule is CCOCc1nc(N)cc(Nc2c(F)cccc2Br)n1. The fourth-order valence-corrected chi connectivity index (χ4v) is 2.03. The topological polar surface area (TPSA) is 73.1 Å². The lowest BCUT2D eigenvalue weighted by Crippen LogP contribution is -2.06. The summed E-state index contributed by atoms with van der Waals surface area (Å²) in [5, 5.41) is 2.89. The molecule has 0 fully saturated rings. The van der Waals surface area contributed by atoms with Crippen molar-refractivity contribution in [3.05, 3.63) is 40.4 Å². The highest BCUT2D eigenvalue weighted by Crippen LogP contribution is 2.28. The lowest BCUT2D eigenvalue weighted by molar-refractivity contribution is 0.128. The fourth-order valence-electron chi connectivity index (χ4n) is 1.58. The third kappa shape index (κ3) is 3.64. The van der Waals surface area contributed by atoms with Gasteiger partial charge in [-0.3, -0.25) is 0 Å². The maximum atomic E-state index is 13.7. The molecule has 20 heavy (non-hydrogen) atoms. The number of benzene rings is 1. The van der Waals surface area contributed by atoms with Crippen LogP contribution in [0.1, 0.15) is 12.7 Å². The number of para-hydroxylation sites is 1. The van der Waals surface area contributed by atoms with Gasteiger partial charge in [-0.25, -0.2) is 14.4 Å². The minimum Gasteiger partial charge on any atom is -0.384 e. The van der Waals surface area contributed by atoms with Crippen molar-refractivity contribution in [2.75, 3.05) is 17.7 Å². The summed E-state index contributed by atoms with van der Waals surface area (Å²) in [7, 11) is 0. The molecule has 2 rings (SSSR count). The van der Waals surface area contributed by atoms with Crippen molar-refractivity contribution < 1.29 is 9.13 Å². The van der Waals surface area contributed by atoms with Crippen molar-refractivity contribution in [1.82, 2.24) is 9.97 Å². The fraction of sp³-hybridized carbons (Fsp3) is 0.231. The molecule has 0 unspecified atom stereocenters. The van der Waals surface area contributed by atoms with E-state index in [1.165, 1.54) is 12.1 Å². The van der Waals surface area contributed by atoms with Crippen molar-refractivity contribution in [2.45, 2.75) is 13.5 Å². The zero-order valence-corrected chi connectivity index (χ0v) is 12.4. The second-order valence-corrected chi connectivity index (χ2v) is 4.81. The van der Waals surface area contributed by atoms with Crippen LogP contribution in [0.3, 0.4) is 0 Å². The summed E-state index contributed by atoms with van der Waals surface area (Å²) in [5.74, 6) is 0.771. The number of hydrogen-bond acceptors (Lipinski definition) is 5. The van der Waals surface area contributed by atoms with E-state index in [-0.39, 0.29) is 12.4 Å². The van der Waals surface area contributed by atoms with E-state index in [0.29, 0.717) is 34.2 Å². The highest BCUT2D eigenvalue weighted by atomic mass is 79.9. The zero-order valence-electron chi connectivity index (χ0n) is 10.9. The van der Waals surface area contributed by atoms with E-state index >= 15 is 0 Å². The first-order valence-corrected chi connectivity index (χ1v) is 6.81. The number of nitrogen functional groups attached to an aromatic ring is 1. The molecule has 7 heteroatoms. The predicted octanol–water partition coefficient (Wildman–Crippen LogP) is 3.24. The number of nitrogens with one attached hydrogen (secondary N) is 1. The van der Waals surface area contributed by atoms with E-state index in [2.05, 4.69) is 31.2 Å². The number of nitrogens with zero attached hydrogens (tertiary/aromatic N) is 2. The van der Waals surface area contributed by atoms with Gasteiger partial charge in [-0.2, -0.15) is 0 Å². The summed E-state index contributed by atoms with van der Waals surface area (Å²) >= 11 is 3.28. The number of rotatable bonds is 5. The first kappa shape index (κ1) is 14.7. The smallest absolute Gasteiger partial charge is 0.158 e. The van der Waals surface area contributed by atoms with E-state index in [1.54, 1.807) is 12.1 Å². The molecule has 1 aromatic heterocycles. The molecular formula is C13H14BrFN4O. The molecule has 3 N–H and O–H groups in total. The summed E-state index contributed by atoms with van der Waals surface area (Å²) in [6.45, 7) is 2.69. The van der Waals surface area contributed by atoms with Gasteiger partial charge in [0.25, 0.3) is 0 Å². The lowest BCUT2D eigenvalue weighted by atomic mass is 10.3. The Balaban J connectivity index is 2.27. The average Bonchev–Trinajstić information content (AvgIpc) is 2.40. The highest BCUT2D eigenvalue weighted by Gasteiger charge is 2.09. The lowest BCUT2D eigenvalue weighted by Gasteiger charge is -2.10. The predicted molar refractivity (Wildman–Crippen MR) is 79.2 cm³/mol. The first-order chi connectivity index (χ1) is 9.60. The van der Waals surface area contributed by atoms with Crippen molar-refractivity contribution >= 4 is 33.3 Å². The van der Waals surface area contributed by atoms with E-state index in [0.717, 1.165) is 0 Å². The molecule has 0 bridgehead atoms. The zero-order chi connectivity index (χ0) is 14.5. The van der Waals surface area contributed by atoms with Crippen LogP contribution in [-0.4, -0.2) is 16.6 Å². The molecule has 0 spiro atoms. The van der Waals surface area contributed by atoms with E-state index in [4.69, 9.17) is 10.5 Å². The van der Waals surface area contributed by atoms with Gasteiger partial charge in [0.1, 0.15) is 24.1 Å². The Morgan fingerprint density at radius 1 is 1.40 bits per heavy atom. The largest absolute Gasteiger partial charge is 0.384 e. The molecule has 1 aromatic carbocycles. The normalized spacial score (nSPS) is 10.6. The van der Waals surface area contributed by atoms with Crippen molar-refractivity contribution in [3.8, 4) is 0 Å². The molecule has 0 aliphatic rings. The van der Waals surface area contributed by atoms with E-state index in [1.807, 2.05) is 6.92 Å². The Morgan fingerprint density at radius 2 is 2.20 bits per heavy atom. The van der Waals surface area contributed by atoms with Gasteiger partial charge in [0.05, 0.1) is 5.69 Å². The molecule has 0 radical (unpaired) electrons. The van der Waals surface area contributed by atoms with Crippen molar-refractivity contribution in [1.29, 1.82) is 0 Å². The van der Waals surface area contributed by atoms with Crippen LogP contribution in [0.25, 0.3) is 0 Å². The highest BCUT2D eigenvalue weighted by molar-refractivity contribution is 9.10. The standard InChI is InChI=1S/C13H14BrFN4O/c1-2-20-7-12-17-10(16)6-11(18-12)19-13-8(14)4-3-5-9(13)15/h3-6H,2,7H2,1H3,(H3,16,17,18,19). The number of aromatic nitrogens is 2. The van der Waals surface area contributed by atoms with Gasteiger partial charge < -0.3 is 15.8 Å². The Morgan fingerprint density at radius 3 is 2.90 bits per heavy atom. The molecule has 2 aromatic rings. The molecule has 0 aliphatic heterocycles. The molecule has 0 atom stereocenters. The van der Waals surface area contributed by atoms with E-state index < -0.39 is 0 Å². The van der Waals surface area contributed by atoms with Crippen molar-refractivity contribution in [2.24, 2.45) is 0 Å². The molecule has 0 aliphatic carbocycles. The number of halogens is 2. The molecule has 5 nitrogen and oxygen atoms in total. The second kappa shape index (κ2) is 6.62. The number of anilines is 3. The Kier molecular flexibility index (Phi) is 4.86. The van der Waals surface area contributed by atoms with E-state index in [9.17, 15) is 4.39 Å². The Bertz CT molecular complexity index is 589. The van der Waals surface area contributed by atoms with Gasteiger partial charge in [0, 0.05) is 17.1 Å². The van der Waals surface area contributed by atoms with Gasteiger partial charge in [-0.1, -0.05) is 6.07 Å². The molecule has 1 heterocycles.